The van der Waals surface area contributed by atoms with Gasteiger partial charge in [-0.2, -0.15) is 0 Å². The average Bonchev–Trinajstić information content (AvgIpc) is 2.50. The normalized spacial score (nSPS) is 19.4. The van der Waals surface area contributed by atoms with E-state index in [1.165, 1.54) is 5.56 Å². The highest BCUT2D eigenvalue weighted by atomic mass is 35.5. The molecule has 1 aliphatic heterocycles. The Labute approximate surface area is 138 Å². The lowest BCUT2D eigenvalue weighted by molar-refractivity contribution is -0.814. The van der Waals surface area contributed by atoms with Crippen LogP contribution in [0.25, 0.3) is 0 Å². The molecule has 0 amide bonds. The van der Waals surface area contributed by atoms with E-state index in [4.69, 9.17) is 0 Å². The van der Waals surface area contributed by atoms with E-state index in [0.717, 1.165) is 17.7 Å². The summed E-state index contributed by atoms with van der Waals surface area (Å²) in [6.07, 6.45) is 13.0. The number of allylic oxidation sites excluding steroid dienone is 2. The second-order valence-electron chi connectivity index (χ2n) is 4.84. The lowest BCUT2D eigenvalue weighted by Gasteiger charge is -2.27. The van der Waals surface area contributed by atoms with Crippen molar-refractivity contribution in [3.63, 3.8) is 0 Å². The van der Waals surface area contributed by atoms with Crippen LogP contribution in [0.15, 0.2) is 85.4 Å². The third-order valence-corrected chi connectivity index (χ3v) is 3.49. The summed E-state index contributed by atoms with van der Waals surface area (Å²) in [5.41, 5.74) is 1.35. The molecule has 2 nitrogen and oxygen atoms in total. The van der Waals surface area contributed by atoms with Crippen LogP contribution in [-0.2, 0) is 6.54 Å². The summed E-state index contributed by atoms with van der Waals surface area (Å²) in [5, 5.41) is 0. The first kappa shape index (κ1) is 17.4. The molecule has 2 aromatic rings. The molecule has 0 bridgehead atoms. The fraction of sp³-hybridized carbons (Fsp3) is 0.118. The fourth-order valence-corrected chi connectivity index (χ4v) is 2.52. The topological polar surface area (TPSA) is 3.88 Å². The SMILES string of the molecule is C1=CC[N+](Cc2ccccc2)([n+]2ccccc2)C=C1.[Cl-].[Cl-]. The highest BCUT2D eigenvalue weighted by Crippen LogP contribution is 2.12. The van der Waals surface area contributed by atoms with E-state index in [9.17, 15) is 0 Å². The number of aromatic nitrogens is 1. The van der Waals surface area contributed by atoms with Gasteiger partial charge in [-0.05, 0) is 22.9 Å². The Morgan fingerprint density at radius 1 is 0.857 bits per heavy atom. The van der Waals surface area contributed by atoms with Crippen molar-refractivity contribution in [2.75, 3.05) is 6.54 Å². The van der Waals surface area contributed by atoms with Gasteiger partial charge in [0.05, 0.1) is 0 Å². The molecule has 1 aromatic heterocycles. The van der Waals surface area contributed by atoms with Crippen molar-refractivity contribution in [2.24, 2.45) is 0 Å². The molecule has 110 valence electrons. The molecular weight excluding hydrogens is 303 g/mol. The number of pyridine rings is 1. The largest absolute Gasteiger partial charge is 1.00 e. The molecule has 0 saturated carbocycles. The Morgan fingerprint density at radius 2 is 1.52 bits per heavy atom. The van der Waals surface area contributed by atoms with Gasteiger partial charge in [-0.15, -0.1) is 0 Å². The van der Waals surface area contributed by atoms with Crippen LogP contribution >= 0.6 is 0 Å². The van der Waals surface area contributed by atoms with Crippen molar-refractivity contribution < 1.29 is 29.5 Å². The van der Waals surface area contributed by atoms with E-state index >= 15 is 0 Å². The summed E-state index contributed by atoms with van der Waals surface area (Å²) in [6, 6.07) is 16.9. The highest BCUT2D eigenvalue weighted by Gasteiger charge is 2.35. The molecule has 1 aromatic carbocycles. The monoisotopic (exact) mass is 320 g/mol. The summed E-state index contributed by atoms with van der Waals surface area (Å²) < 4.78 is 3.04. The summed E-state index contributed by atoms with van der Waals surface area (Å²) in [4.78, 5) is 0. The van der Waals surface area contributed by atoms with Crippen LogP contribution in [0, 0.1) is 0 Å². The van der Waals surface area contributed by atoms with E-state index in [1.807, 2.05) is 0 Å². The van der Waals surface area contributed by atoms with Gasteiger partial charge in [0.1, 0.15) is 0 Å². The zero-order chi connectivity index (χ0) is 13.0. The van der Waals surface area contributed by atoms with Crippen LogP contribution in [0.2, 0.25) is 0 Å². The summed E-state index contributed by atoms with van der Waals surface area (Å²) in [5.74, 6) is 0. The van der Waals surface area contributed by atoms with E-state index < -0.39 is 0 Å². The van der Waals surface area contributed by atoms with Crippen LogP contribution < -0.4 is 34.1 Å². The molecule has 0 aliphatic carbocycles. The maximum absolute atomic E-state index is 2.26. The van der Waals surface area contributed by atoms with Gasteiger partial charge in [0, 0.05) is 17.7 Å². The molecular formula is C17H18Cl2N2. The van der Waals surface area contributed by atoms with Crippen molar-refractivity contribution in [1.29, 1.82) is 0 Å². The smallest absolute Gasteiger partial charge is 0.230 e. The summed E-state index contributed by atoms with van der Waals surface area (Å²) in [6.45, 7) is 1.93. The van der Waals surface area contributed by atoms with E-state index in [2.05, 4.69) is 90.0 Å². The first-order valence-corrected chi connectivity index (χ1v) is 6.61. The van der Waals surface area contributed by atoms with Crippen molar-refractivity contribution in [1.82, 2.24) is 4.59 Å². The Morgan fingerprint density at radius 3 is 2.14 bits per heavy atom. The molecule has 0 N–H and O–H groups in total. The van der Waals surface area contributed by atoms with Gasteiger partial charge >= 0.3 is 0 Å². The number of hydrogen-bond acceptors (Lipinski definition) is 0. The first-order valence-electron chi connectivity index (χ1n) is 6.61. The van der Waals surface area contributed by atoms with E-state index in [1.54, 1.807) is 0 Å². The molecule has 4 heteroatoms. The number of rotatable bonds is 3. The van der Waals surface area contributed by atoms with Gasteiger partial charge in [-0.1, -0.05) is 41.0 Å². The quantitative estimate of drug-likeness (QED) is 0.412. The number of halogens is 2. The zero-order valence-corrected chi connectivity index (χ0v) is 13.2. The Hall–Kier alpha value is -1.61. The molecule has 0 saturated heterocycles. The summed E-state index contributed by atoms with van der Waals surface area (Å²) >= 11 is 0. The third-order valence-electron chi connectivity index (χ3n) is 3.49. The molecule has 1 atom stereocenters. The molecule has 2 heterocycles. The number of nitrogens with zero attached hydrogens (tertiary/aromatic N) is 2. The molecule has 0 radical (unpaired) electrons. The minimum Gasteiger partial charge on any atom is -1.00 e. The molecule has 1 aliphatic rings. The Balaban J connectivity index is 0.00000110. The standard InChI is InChI=1S/C17H18N2.2ClH/c1-4-10-17(11-5-1)16-19(14-8-3-9-15-19)18-12-6-2-7-13-18;;/h1-14H,15-16H2;2*1H/q+2;;/p-2. The van der Waals surface area contributed by atoms with Crippen molar-refractivity contribution in [3.8, 4) is 0 Å². The van der Waals surface area contributed by atoms with Gasteiger partial charge in [0.25, 0.3) is 0 Å². The molecule has 21 heavy (non-hydrogen) atoms. The van der Waals surface area contributed by atoms with Crippen LogP contribution in [0.5, 0.6) is 0 Å². The lowest BCUT2D eigenvalue weighted by Crippen LogP contribution is -3.00. The van der Waals surface area contributed by atoms with Crippen LogP contribution in [0.3, 0.4) is 0 Å². The number of benzene rings is 1. The average molecular weight is 321 g/mol. The predicted octanol–water partition coefficient (Wildman–Crippen LogP) is -3.30. The van der Waals surface area contributed by atoms with Crippen molar-refractivity contribution in [2.45, 2.75) is 6.54 Å². The maximum Gasteiger partial charge on any atom is 0.230 e. The van der Waals surface area contributed by atoms with E-state index in [-0.39, 0.29) is 24.8 Å². The van der Waals surface area contributed by atoms with Crippen LogP contribution in [-0.4, -0.2) is 6.54 Å². The molecule has 0 fully saturated rings. The second-order valence-corrected chi connectivity index (χ2v) is 4.84. The minimum absolute atomic E-state index is 0. The predicted molar refractivity (Wildman–Crippen MR) is 77.5 cm³/mol. The van der Waals surface area contributed by atoms with Crippen molar-refractivity contribution >= 4 is 0 Å². The Kier molecular flexibility index (Phi) is 6.63. The van der Waals surface area contributed by atoms with Crippen LogP contribution in [0.1, 0.15) is 5.56 Å². The highest BCUT2D eigenvalue weighted by molar-refractivity contribution is 5.19. The lowest BCUT2D eigenvalue weighted by atomic mass is 10.2. The summed E-state index contributed by atoms with van der Waals surface area (Å²) in [7, 11) is 0. The maximum atomic E-state index is 2.26. The zero-order valence-electron chi connectivity index (χ0n) is 11.6. The Bertz CT molecular complexity index is 597. The number of hydrogen-bond donors (Lipinski definition) is 0. The first-order chi connectivity index (χ1) is 9.39. The number of quaternary nitrogens is 1. The molecule has 0 spiro atoms. The second kappa shape index (κ2) is 7.99. The third kappa shape index (κ3) is 3.94. The van der Waals surface area contributed by atoms with Gasteiger partial charge in [0.15, 0.2) is 19.3 Å². The van der Waals surface area contributed by atoms with Gasteiger partial charge < -0.3 is 24.8 Å². The minimum atomic E-state index is 0. The molecule has 1 unspecified atom stereocenters. The van der Waals surface area contributed by atoms with Crippen LogP contribution in [0.4, 0.5) is 0 Å². The fourth-order valence-electron chi connectivity index (χ4n) is 2.52. The molecule has 3 rings (SSSR count). The van der Waals surface area contributed by atoms with Gasteiger partial charge in [-0.3, -0.25) is 0 Å². The van der Waals surface area contributed by atoms with Crippen molar-refractivity contribution in [3.05, 3.63) is 90.9 Å². The van der Waals surface area contributed by atoms with Gasteiger partial charge in [-0.25, -0.2) is 0 Å². The van der Waals surface area contributed by atoms with Gasteiger partial charge in [0.2, 0.25) is 12.4 Å². The van der Waals surface area contributed by atoms with E-state index in [0.29, 0.717) is 0 Å².